The minimum Gasteiger partial charge on any atom is -0.493 e. The number of carbonyl (C=O) groups excluding carboxylic acids is 2. The van der Waals surface area contributed by atoms with Crippen LogP contribution >= 0.6 is 0 Å². The third kappa shape index (κ3) is 5.02. The molecule has 5 rings (SSSR count). The summed E-state index contributed by atoms with van der Waals surface area (Å²) in [6.07, 6.45) is 4.43. The van der Waals surface area contributed by atoms with Crippen LogP contribution in [0.2, 0.25) is 0 Å². The molecule has 38 heavy (non-hydrogen) atoms. The number of aromatic nitrogens is 2. The number of rotatable bonds is 8. The van der Waals surface area contributed by atoms with Crippen molar-refractivity contribution in [3.05, 3.63) is 65.9 Å². The second kappa shape index (κ2) is 10.1. The van der Waals surface area contributed by atoms with Crippen molar-refractivity contribution in [2.75, 3.05) is 19.5 Å². The van der Waals surface area contributed by atoms with Gasteiger partial charge in [0.1, 0.15) is 22.8 Å². The fraction of sp³-hybridized carbons (Fsp3) is 0.286. The van der Waals surface area contributed by atoms with Gasteiger partial charge in [-0.2, -0.15) is 4.98 Å². The Morgan fingerprint density at radius 3 is 2.24 bits per heavy atom. The highest BCUT2D eigenvalue weighted by atomic mass is 19.1. The molecule has 2 aliphatic carbocycles. The van der Waals surface area contributed by atoms with Crippen LogP contribution in [0.5, 0.6) is 23.1 Å². The van der Waals surface area contributed by atoms with Gasteiger partial charge in [-0.15, -0.1) is 0 Å². The SMILES string of the molecule is COc1cc2nc(C)nc(Oc3ccc(NC(=O)C4(C(=O)NC5=CC=C(F)CC5)CC4)cc3)c2cc1OC. The van der Waals surface area contributed by atoms with Crippen LogP contribution in [0.25, 0.3) is 10.9 Å². The number of benzene rings is 2. The molecule has 0 radical (unpaired) electrons. The molecule has 0 unspecified atom stereocenters. The van der Waals surface area contributed by atoms with Crippen LogP contribution in [0.1, 0.15) is 31.5 Å². The number of aryl methyl sites for hydroxylation is 1. The molecule has 3 aromatic rings. The lowest BCUT2D eigenvalue weighted by Gasteiger charge is -2.18. The molecule has 196 valence electrons. The lowest BCUT2D eigenvalue weighted by Crippen LogP contribution is -2.39. The smallest absolute Gasteiger partial charge is 0.240 e. The van der Waals surface area contributed by atoms with Gasteiger partial charge in [-0.05, 0) is 68.7 Å². The van der Waals surface area contributed by atoms with E-state index in [2.05, 4.69) is 20.6 Å². The summed E-state index contributed by atoms with van der Waals surface area (Å²) in [7, 11) is 3.11. The molecule has 1 saturated carbocycles. The topological polar surface area (TPSA) is 112 Å². The fourth-order valence-electron chi connectivity index (χ4n) is 4.25. The van der Waals surface area contributed by atoms with Crippen LogP contribution in [0.15, 0.2) is 60.1 Å². The summed E-state index contributed by atoms with van der Waals surface area (Å²) in [4.78, 5) is 34.7. The number of amides is 2. The average molecular weight is 519 g/mol. The number of halogens is 1. The molecular weight excluding hydrogens is 491 g/mol. The van der Waals surface area contributed by atoms with Crippen LogP contribution in [0.4, 0.5) is 10.1 Å². The lowest BCUT2D eigenvalue weighted by molar-refractivity contribution is -0.133. The van der Waals surface area contributed by atoms with E-state index in [1.54, 1.807) is 63.6 Å². The normalized spacial score (nSPS) is 15.7. The molecule has 0 bridgehead atoms. The van der Waals surface area contributed by atoms with Crippen LogP contribution in [-0.2, 0) is 9.59 Å². The van der Waals surface area contributed by atoms with Crippen LogP contribution in [0.3, 0.4) is 0 Å². The van der Waals surface area contributed by atoms with Gasteiger partial charge < -0.3 is 24.8 Å². The highest BCUT2D eigenvalue weighted by molar-refractivity contribution is 6.13. The Labute approximate surface area is 218 Å². The predicted octanol–water partition coefficient (Wildman–Crippen LogP) is 5.11. The Balaban J connectivity index is 1.28. The number of ether oxygens (including phenoxy) is 3. The van der Waals surface area contributed by atoms with Gasteiger partial charge in [-0.25, -0.2) is 9.37 Å². The van der Waals surface area contributed by atoms with Crippen molar-refractivity contribution in [2.45, 2.75) is 32.6 Å². The number of carbonyl (C=O) groups is 2. The maximum absolute atomic E-state index is 13.2. The maximum Gasteiger partial charge on any atom is 0.240 e. The summed E-state index contributed by atoms with van der Waals surface area (Å²) >= 11 is 0. The van der Waals surface area contributed by atoms with Gasteiger partial charge in [0.25, 0.3) is 0 Å². The fourth-order valence-corrected chi connectivity index (χ4v) is 4.25. The van der Waals surface area contributed by atoms with E-state index in [1.807, 2.05) is 0 Å². The Morgan fingerprint density at radius 1 is 0.921 bits per heavy atom. The Morgan fingerprint density at radius 2 is 1.61 bits per heavy atom. The standard InChI is InChI=1S/C28H27FN4O5/c1-16-30-22-15-24(37-3)23(36-2)14-21(22)25(31-16)38-20-10-8-19(9-11-20)33-27(35)28(12-13-28)26(34)32-18-6-4-17(29)5-7-18/h4,6,8-11,14-15H,5,7,12-13H2,1-3H3,(H,32,34)(H,33,35). The molecule has 10 heteroatoms. The molecule has 0 aliphatic heterocycles. The maximum atomic E-state index is 13.2. The highest BCUT2D eigenvalue weighted by Gasteiger charge is 2.56. The van der Waals surface area contributed by atoms with E-state index < -0.39 is 5.41 Å². The summed E-state index contributed by atoms with van der Waals surface area (Å²) in [5, 5.41) is 6.26. The van der Waals surface area contributed by atoms with Crippen molar-refractivity contribution >= 4 is 28.4 Å². The van der Waals surface area contributed by atoms with Gasteiger partial charge in [0.05, 0.1) is 25.1 Å². The van der Waals surface area contributed by atoms with E-state index in [0.29, 0.717) is 70.5 Å². The van der Waals surface area contributed by atoms with Gasteiger partial charge in [0.15, 0.2) is 11.5 Å². The number of fused-ring (bicyclic) bond motifs is 1. The molecular formula is C28H27FN4O5. The number of nitrogens with one attached hydrogen (secondary N) is 2. The van der Waals surface area contributed by atoms with Crippen molar-refractivity contribution in [2.24, 2.45) is 5.41 Å². The lowest BCUT2D eigenvalue weighted by atomic mass is 10.0. The third-order valence-corrected chi connectivity index (χ3v) is 6.60. The number of anilines is 1. The molecule has 2 amide bonds. The number of hydrogen-bond donors (Lipinski definition) is 2. The summed E-state index contributed by atoms with van der Waals surface area (Å²) in [6, 6.07) is 10.3. The van der Waals surface area contributed by atoms with E-state index in [1.165, 1.54) is 6.08 Å². The summed E-state index contributed by atoms with van der Waals surface area (Å²) in [5.41, 5.74) is 0.666. The molecule has 1 heterocycles. The van der Waals surface area contributed by atoms with E-state index in [-0.39, 0.29) is 24.1 Å². The first-order valence-corrected chi connectivity index (χ1v) is 12.2. The third-order valence-electron chi connectivity index (χ3n) is 6.60. The van der Waals surface area contributed by atoms with Crippen molar-refractivity contribution in [3.8, 4) is 23.1 Å². The zero-order valence-electron chi connectivity index (χ0n) is 21.3. The largest absolute Gasteiger partial charge is 0.493 e. The second-order valence-electron chi connectivity index (χ2n) is 9.22. The van der Waals surface area contributed by atoms with Gasteiger partial charge in [-0.3, -0.25) is 9.59 Å². The van der Waals surface area contributed by atoms with Crippen molar-refractivity contribution in [3.63, 3.8) is 0 Å². The van der Waals surface area contributed by atoms with Crippen LogP contribution in [-0.4, -0.2) is 36.0 Å². The molecule has 0 spiro atoms. The zero-order valence-corrected chi connectivity index (χ0v) is 21.3. The first-order valence-electron chi connectivity index (χ1n) is 12.2. The minimum absolute atomic E-state index is 0.225. The molecule has 0 saturated heterocycles. The molecule has 0 atom stereocenters. The second-order valence-corrected chi connectivity index (χ2v) is 9.22. The Bertz CT molecular complexity index is 1480. The molecule has 9 nitrogen and oxygen atoms in total. The molecule has 1 aromatic heterocycles. The first kappa shape index (κ1) is 25.2. The van der Waals surface area contributed by atoms with Gasteiger partial charge in [-0.1, -0.05) is 0 Å². The van der Waals surface area contributed by atoms with Gasteiger partial charge >= 0.3 is 0 Å². The number of nitrogens with zero attached hydrogens (tertiary/aromatic N) is 2. The van der Waals surface area contributed by atoms with Crippen molar-refractivity contribution < 1.29 is 28.2 Å². The molecule has 1 fully saturated rings. The molecule has 2 N–H and O–H groups in total. The Hall–Kier alpha value is -4.47. The predicted molar refractivity (Wildman–Crippen MR) is 139 cm³/mol. The number of methoxy groups -OCH3 is 2. The van der Waals surface area contributed by atoms with E-state index >= 15 is 0 Å². The van der Waals surface area contributed by atoms with E-state index in [4.69, 9.17) is 14.2 Å². The summed E-state index contributed by atoms with van der Waals surface area (Å²) < 4.78 is 30.0. The minimum atomic E-state index is -1.12. The molecule has 2 aliphatic rings. The highest BCUT2D eigenvalue weighted by Crippen LogP contribution is 2.47. The monoisotopic (exact) mass is 518 g/mol. The van der Waals surface area contributed by atoms with Gasteiger partial charge in [0.2, 0.25) is 17.7 Å². The summed E-state index contributed by atoms with van der Waals surface area (Å²) in [5.74, 6) is 1.49. The van der Waals surface area contributed by atoms with Crippen LogP contribution < -0.4 is 24.8 Å². The Kier molecular flexibility index (Phi) is 6.71. The van der Waals surface area contributed by atoms with Gasteiger partial charge in [0, 0.05) is 23.9 Å². The zero-order chi connectivity index (χ0) is 26.9. The number of hydrogen-bond acceptors (Lipinski definition) is 7. The van der Waals surface area contributed by atoms with E-state index in [9.17, 15) is 14.0 Å². The van der Waals surface area contributed by atoms with E-state index in [0.717, 1.165) is 0 Å². The molecule has 2 aromatic carbocycles. The first-order chi connectivity index (χ1) is 18.3. The number of allylic oxidation sites excluding steroid dienone is 4. The average Bonchev–Trinajstić information content (AvgIpc) is 3.73. The van der Waals surface area contributed by atoms with Crippen molar-refractivity contribution in [1.82, 2.24) is 15.3 Å². The quantitative estimate of drug-likeness (QED) is 0.399. The van der Waals surface area contributed by atoms with Crippen LogP contribution in [0, 0.1) is 12.3 Å². The summed E-state index contributed by atoms with van der Waals surface area (Å²) in [6.45, 7) is 1.77. The van der Waals surface area contributed by atoms with Crippen molar-refractivity contribution in [1.29, 1.82) is 0 Å².